The molecule has 0 spiro atoms. The molecule has 0 fully saturated rings. The number of allylic oxidation sites excluding steroid dienone is 1. The lowest BCUT2D eigenvalue weighted by atomic mass is 10.1. The molecule has 2 N–H and O–H groups in total. The van der Waals surface area contributed by atoms with Gasteiger partial charge < -0.3 is 15.5 Å². The summed E-state index contributed by atoms with van der Waals surface area (Å²) in [5, 5.41) is 6.42. The van der Waals surface area contributed by atoms with Gasteiger partial charge in [-0.1, -0.05) is 26.5 Å². The molecule has 1 rings (SSSR count). The summed E-state index contributed by atoms with van der Waals surface area (Å²) < 4.78 is 0. The SMILES string of the molecule is C=C(C/C=C\N(CC)c1ccnc(NC)n1)NC(CC)CC. The fraction of sp³-hybridized carbons (Fsp3) is 0.529. The first kappa shape index (κ1) is 18.0. The number of nitrogens with zero attached hydrogens (tertiary/aromatic N) is 3. The lowest BCUT2D eigenvalue weighted by Gasteiger charge is -2.19. The summed E-state index contributed by atoms with van der Waals surface area (Å²) in [6.07, 6.45) is 8.99. The molecule has 1 aromatic rings. The Hall–Kier alpha value is -2.04. The van der Waals surface area contributed by atoms with Crippen LogP contribution < -0.4 is 15.5 Å². The van der Waals surface area contributed by atoms with Crippen molar-refractivity contribution < 1.29 is 0 Å². The highest BCUT2D eigenvalue weighted by atomic mass is 15.2. The van der Waals surface area contributed by atoms with Crippen LogP contribution in [0.4, 0.5) is 11.8 Å². The van der Waals surface area contributed by atoms with Gasteiger partial charge in [-0.25, -0.2) is 4.98 Å². The van der Waals surface area contributed by atoms with Crippen LogP contribution in [-0.4, -0.2) is 29.6 Å². The molecule has 0 aliphatic heterocycles. The zero-order valence-electron chi connectivity index (χ0n) is 14.3. The third kappa shape index (κ3) is 5.76. The van der Waals surface area contributed by atoms with Crippen molar-refractivity contribution in [3.8, 4) is 0 Å². The van der Waals surface area contributed by atoms with E-state index >= 15 is 0 Å². The minimum absolute atomic E-state index is 0.517. The van der Waals surface area contributed by atoms with E-state index in [2.05, 4.69) is 65.1 Å². The van der Waals surface area contributed by atoms with Gasteiger partial charge in [0.25, 0.3) is 0 Å². The van der Waals surface area contributed by atoms with Crippen molar-refractivity contribution in [2.45, 2.75) is 46.1 Å². The largest absolute Gasteiger partial charge is 0.386 e. The maximum absolute atomic E-state index is 4.45. The molecule has 0 atom stereocenters. The summed E-state index contributed by atoms with van der Waals surface area (Å²) in [7, 11) is 1.82. The van der Waals surface area contributed by atoms with Crippen molar-refractivity contribution in [1.82, 2.24) is 15.3 Å². The van der Waals surface area contributed by atoms with Crippen LogP contribution in [0.2, 0.25) is 0 Å². The highest BCUT2D eigenvalue weighted by molar-refractivity contribution is 5.44. The van der Waals surface area contributed by atoms with Gasteiger partial charge in [-0.3, -0.25) is 0 Å². The maximum Gasteiger partial charge on any atom is 0.224 e. The first-order valence-electron chi connectivity index (χ1n) is 8.02. The Morgan fingerprint density at radius 2 is 2.09 bits per heavy atom. The van der Waals surface area contributed by atoms with Crippen LogP contribution in [0.15, 0.2) is 36.8 Å². The summed E-state index contributed by atoms with van der Waals surface area (Å²) in [6.45, 7) is 11.4. The maximum atomic E-state index is 4.45. The van der Waals surface area contributed by atoms with Gasteiger partial charge in [0, 0.05) is 44.1 Å². The Balaban J connectivity index is 2.60. The standard InChI is InChI=1S/C17H29N5/c1-6-15(7-2)20-14(4)10-9-13-22(8-3)16-11-12-19-17(18-5)21-16/h9,11-13,15,20H,4,6-8,10H2,1-3,5H3,(H,18,19,21)/b13-9-. The molecule has 22 heavy (non-hydrogen) atoms. The second-order valence-electron chi connectivity index (χ2n) is 5.12. The molecule has 1 heterocycles. The molecule has 0 aromatic carbocycles. The average molecular weight is 303 g/mol. The Kier molecular flexibility index (Phi) is 8.04. The number of rotatable bonds is 10. The van der Waals surface area contributed by atoms with Gasteiger partial charge in [-0.15, -0.1) is 0 Å². The lowest BCUT2D eigenvalue weighted by Crippen LogP contribution is -2.26. The van der Waals surface area contributed by atoms with Crippen molar-refractivity contribution in [3.63, 3.8) is 0 Å². The van der Waals surface area contributed by atoms with Crippen molar-refractivity contribution >= 4 is 11.8 Å². The van der Waals surface area contributed by atoms with Crippen molar-refractivity contribution in [2.75, 3.05) is 23.8 Å². The molecule has 5 nitrogen and oxygen atoms in total. The van der Waals surface area contributed by atoms with Crippen LogP contribution >= 0.6 is 0 Å². The van der Waals surface area contributed by atoms with E-state index in [1.54, 1.807) is 6.20 Å². The van der Waals surface area contributed by atoms with E-state index in [1.807, 2.05) is 13.1 Å². The molecule has 0 bridgehead atoms. The molecule has 1 aromatic heterocycles. The van der Waals surface area contributed by atoms with Gasteiger partial charge in [0.2, 0.25) is 5.95 Å². The highest BCUT2D eigenvalue weighted by Gasteiger charge is 2.05. The van der Waals surface area contributed by atoms with E-state index in [4.69, 9.17) is 0 Å². The molecule has 0 saturated carbocycles. The fourth-order valence-electron chi connectivity index (χ4n) is 2.14. The Morgan fingerprint density at radius 3 is 2.68 bits per heavy atom. The van der Waals surface area contributed by atoms with Gasteiger partial charge in [0.15, 0.2) is 0 Å². The molecule has 0 radical (unpaired) electrons. The lowest BCUT2D eigenvalue weighted by molar-refractivity contribution is 0.529. The number of anilines is 2. The topological polar surface area (TPSA) is 53.1 Å². The number of hydrogen-bond acceptors (Lipinski definition) is 5. The first-order chi connectivity index (χ1) is 10.6. The smallest absolute Gasteiger partial charge is 0.224 e. The Morgan fingerprint density at radius 1 is 1.36 bits per heavy atom. The Bertz CT molecular complexity index is 480. The van der Waals surface area contributed by atoms with Crippen LogP contribution in [0.3, 0.4) is 0 Å². The molecule has 122 valence electrons. The van der Waals surface area contributed by atoms with Gasteiger partial charge in [-0.2, -0.15) is 4.98 Å². The van der Waals surface area contributed by atoms with E-state index in [0.29, 0.717) is 12.0 Å². The molecule has 0 saturated heterocycles. The van der Waals surface area contributed by atoms with E-state index < -0.39 is 0 Å². The van der Waals surface area contributed by atoms with Crippen LogP contribution in [0.25, 0.3) is 0 Å². The number of aromatic nitrogens is 2. The van der Waals surface area contributed by atoms with Gasteiger partial charge >= 0.3 is 0 Å². The van der Waals surface area contributed by atoms with Crippen LogP contribution in [-0.2, 0) is 0 Å². The minimum Gasteiger partial charge on any atom is -0.386 e. The van der Waals surface area contributed by atoms with Gasteiger partial charge in [0.1, 0.15) is 5.82 Å². The van der Waals surface area contributed by atoms with E-state index in [9.17, 15) is 0 Å². The molecule has 0 aliphatic carbocycles. The normalized spacial score (nSPS) is 11.0. The van der Waals surface area contributed by atoms with Gasteiger partial charge in [0.05, 0.1) is 0 Å². The van der Waals surface area contributed by atoms with Crippen molar-refractivity contribution in [3.05, 3.63) is 36.8 Å². The fourth-order valence-corrected chi connectivity index (χ4v) is 2.14. The monoisotopic (exact) mass is 303 g/mol. The summed E-state index contributed by atoms with van der Waals surface area (Å²) in [5.41, 5.74) is 1.06. The predicted octanol–water partition coefficient (Wildman–Crippen LogP) is 3.54. The number of hydrogen-bond donors (Lipinski definition) is 2. The predicted molar refractivity (Wildman–Crippen MR) is 95.0 cm³/mol. The van der Waals surface area contributed by atoms with E-state index in [-0.39, 0.29) is 0 Å². The zero-order chi connectivity index (χ0) is 16.4. The molecule has 0 aliphatic rings. The summed E-state index contributed by atoms with van der Waals surface area (Å²) >= 11 is 0. The molecule has 5 heteroatoms. The Labute approximate surface area is 134 Å². The third-order valence-electron chi connectivity index (χ3n) is 3.54. The number of nitrogens with one attached hydrogen (secondary N) is 2. The molecular formula is C17H29N5. The van der Waals surface area contributed by atoms with E-state index in [1.165, 1.54) is 0 Å². The van der Waals surface area contributed by atoms with Crippen LogP contribution in [0, 0.1) is 0 Å². The summed E-state index contributed by atoms with van der Waals surface area (Å²) in [5.74, 6) is 1.51. The van der Waals surface area contributed by atoms with Crippen molar-refractivity contribution in [2.24, 2.45) is 0 Å². The molecule has 0 amide bonds. The first-order valence-corrected chi connectivity index (χ1v) is 8.02. The summed E-state index contributed by atoms with van der Waals surface area (Å²) in [4.78, 5) is 10.7. The molecular weight excluding hydrogens is 274 g/mol. The minimum atomic E-state index is 0.517. The summed E-state index contributed by atoms with van der Waals surface area (Å²) in [6, 6.07) is 2.43. The van der Waals surface area contributed by atoms with Gasteiger partial charge in [-0.05, 0) is 25.8 Å². The quantitative estimate of drug-likeness (QED) is 0.692. The zero-order valence-corrected chi connectivity index (χ0v) is 14.3. The third-order valence-corrected chi connectivity index (χ3v) is 3.54. The van der Waals surface area contributed by atoms with E-state index in [0.717, 1.165) is 37.3 Å². The van der Waals surface area contributed by atoms with Crippen LogP contribution in [0.1, 0.15) is 40.0 Å². The highest BCUT2D eigenvalue weighted by Crippen LogP contribution is 2.13. The van der Waals surface area contributed by atoms with Crippen molar-refractivity contribution in [1.29, 1.82) is 0 Å². The molecule has 0 unspecified atom stereocenters. The van der Waals surface area contributed by atoms with Crippen LogP contribution in [0.5, 0.6) is 0 Å². The second-order valence-corrected chi connectivity index (χ2v) is 5.12. The second kappa shape index (κ2) is 9.82. The average Bonchev–Trinajstić information content (AvgIpc) is 2.56.